The third-order valence-corrected chi connectivity index (χ3v) is 7.93. The Morgan fingerprint density at radius 2 is 1.95 bits per heavy atom. The fourth-order valence-corrected chi connectivity index (χ4v) is 5.72. The fraction of sp³-hybridized carbons (Fsp3) is 0.250. The number of fused-ring (bicyclic) bond motifs is 1. The van der Waals surface area contributed by atoms with Crippen LogP contribution in [0.15, 0.2) is 75.0 Å². The molecule has 0 unspecified atom stereocenters. The van der Waals surface area contributed by atoms with Gasteiger partial charge in [0.1, 0.15) is 18.2 Å². The number of hydrogen-bond donors (Lipinski definition) is 0. The molecule has 0 bridgehead atoms. The molecule has 194 valence electrons. The Hall–Kier alpha value is -3.12. The molecule has 1 aromatic heterocycles. The Bertz CT molecular complexity index is 1600. The zero-order valence-electron chi connectivity index (χ0n) is 20.3. The highest BCUT2D eigenvalue weighted by molar-refractivity contribution is 14.1. The van der Waals surface area contributed by atoms with E-state index in [1.807, 2.05) is 30.3 Å². The molecule has 1 saturated carbocycles. The summed E-state index contributed by atoms with van der Waals surface area (Å²) in [5, 5.41) is 16.2. The molecule has 38 heavy (non-hydrogen) atoms. The van der Waals surface area contributed by atoms with Crippen molar-refractivity contribution in [2.45, 2.75) is 44.6 Å². The monoisotopic (exact) mass is 686 g/mol. The zero-order chi connectivity index (χ0) is 26.6. The molecule has 0 atom stereocenters. The minimum absolute atomic E-state index is 0.0331. The van der Waals surface area contributed by atoms with Gasteiger partial charge < -0.3 is 4.74 Å². The fourth-order valence-electron chi connectivity index (χ4n) is 4.66. The van der Waals surface area contributed by atoms with Crippen LogP contribution in [0.2, 0.25) is 0 Å². The minimum atomic E-state index is -0.420. The Kier molecular flexibility index (Phi) is 8.18. The van der Waals surface area contributed by atoms with Crippen molar-refractivity contribution in [3.63, 3.8) is 0 Å². The summed E-state index contributed by atoms with van der Waals surface area (Å²) in [6.07, 6.45) is 7.12. The number of nitro benzene ring substituents is 1. The van der Waals surface area contributed by atoms with Crippen LogP contribution in [0, 0.1) is 13.7 Å². The van der Waals surface area contributed by atoms with Crippen LogP contribution in [0.25, 0.3) is 10.9 Å². The van der Waals surface area contributed by atoms with E-state index >= 15 is 0 Å². The molecular formula is C28H24BrIN4O4. The lowest BCUT2D eigenvalue weighted by Crippen LogP contribution is -2.25. The molecular weight excluding hydrogens is 663 g/mol. The molecule has 1 aliphatic rings. The maximum atomic E-state index is 13.5. The molecule has 1 fully saturated rings. The van der Waals surface area contributed by atoms with Crippen molar-refractivity contribution in [3.05, 3.63) is 106 Å². The number of nitro groups is 1. The standard InChI is InChI=1S/C28H24BrIN4O4/c29-21-10-11-25-23(15-21)28(35)33(27(32-25)20-6-2-1-3-7-20)31-16-18-9-12-26(24(30)14-18)38-17-19-5-4-8-22(13-19)34(36)37/h4-5,8-16,20H,1-3,6-7,17H2. The van der Waals surface area contributed by atoms with E-state index in [0.717, 1.165) is 39.3 Å². The molecule has 0 N–H and O–H groups in total. The van der Waals surface area contributed by atoms with Gasteiger partial charge in [0, 0.05) is 22.5 Å². The van der Waals surface area contributed by atoms with Gasteiger partial charge >= 0.3 is 0 Å². The topological polar surface area (TPSA) is 99.6 Å². The summed E-state index contributed by atoms with van der Waals surface area (Å²) < 4.78 is 9.05. The van der Waals surface area contributed by atoms with Gasteiger partial charge in [0.15, 0.2) is 0 Å². The number of halogens is 2. The lowest BCUT2D eigenvalue weighted by Gasteiger charge is -2.22. The molecule has 4 aromatic rings. The Labute approximate surface area is 241 Å². The average Bonchev–Trinajstić information content (AvgIpc) is 2.93. The van der Waals surface area contributed by atoms with Crippen molar-refractivity contribution >= 4 is 61.3 Å². The summed E-state index contributed by atoms with van der Waals surface area (Å²) in [6.45, 7) is 0.212. The number of hydrogen-bond acceptors (Lipinski definition) is 6. The summed E-state index contributed by atoms with van der Waals surface area (Å²) in [5.74, 6) is 1.57. The predicted molar refractivity (Wildman–Crippen MR) is 159 cm³/mol. The highest BCUT2D eigenvalue weighted by Gasteiger charge is 2.22. The summed E-state index contributed by atoms with van der Waals surface area (Å²) in [5.41, 5.74) is 2.06. The van der Waals surface area contributed by atoms with E-state index in [9.17, 15) is 14.9 Å². The van der Waals surface area contributed by atoms with Gasteiger partial charge in [-0.3, -0.25) is 14.9 Å². The molecule has 3 aromatic carbocycles. The minimum Gasteiger partial charge on any atom is -0.488 e. The number of non-ortho nitro benzene ring substituents is 1. The van der Waals surface area contributed by atoms with Gasteiger partial charge in [0.25, 0.3) is 11.2 Å². The lowest BCUT2D eigenvalue weighted by atomic mass is 9.88. The van der Waals surface area contributed by atoms with Gasteiger partial charge in [-0.2, -0.15) is 9.78 Å². The summed E-state index contributed by atoms with van der Waals surface area (Å²) in [4.78, 5) is 29.0. The number of rotatable bonds is 7. The van der Waals surface area contributed by atoms with Gasteiger partial charge in [-0.25, -0.2) is 4.98 Å². The smallest absolute Gasteiger partial charge is 0.282 e. The van der Waals surface area contributed by atoms with Gasteiger partial charge in [0.05, 0.1) is 25.6 Å². The number of aromatic nitrogens is 2. The van der Waals surface area contributed by atoms with Crippen LogP contribution in [0.3, 0.4) is 0 Å². The van der Waals surface area contributed by atoms with E-state index in [1.165, 1.54) is 23.2 Å². The highest BCUT2D eigenvalue weighted by Crippen LogP contribution is 2.32. The highest BCUT2D eigenvalue weighted by atomic mass is 127. The maximum Gasteiger partial charge on any atom is 0.282 e. The van der Waals surface area contributed by atoms with Gasteiger partial charge in [-0.05, 0) is 83.0 Å². The van der Waals surface area contributed by atoms with Crippen LogP contribution in [0.1, 0.15) is 55.0 Å². The molecule has 0 radical (unpaired) electrons. The third kappa shape index (κ3) is 5.96. The molecule has 5 rings (SSSR count). The number of nitrogens with zero attached hydrogens (tertiary/aromatic N) is 4. The average molecular weight is 687 g/mol. The quantitative estimate of drug-likeness (QED) is 0.0888. The molecule has 10 heteroatoms. The zero-order valence-corrected chi connectivity index (χ0v) is 24.1. The first kappa shape index (κ1) is 26.5. The van der Waals surface area contributed by atoms with Crippen molar-refractivity contribution in [2.75, 3.05) is 0 Å². The Morgan fingerprint density at radius 1 is 1.13 bits per heavy atom. The SMILES string of the molecule is O=c1c2cc(Br)ccc2nc(C2CCCCC2)n1N=Cc1ccc(OCc2cccc([N+](=O)[O-])c2)c(I)c1. The molecule has 0 spiro atoms. The maximum absolute atomic E-state index is 13.5. The van der Waals surface area contributed by atoms with E-state index in [1.54, 1.807) is 24.4 Å². The molecule has 0 aliphatic heterocycles. The largest absolute Gasteiger partial charge is 0.488 e. The third-order valence-electron chi connectivity index (χ3n) is 6.60. The molecule has 1 heterocycles. The van der Waals surface area contributed by atoms with Crippen molar-refractivity contribution in [2.24, 2.45) is 5.10 Å². The van der Waals surface area contributed by atoms with E-state index in [0.29, 0.717) is 28.0 Å². The van der Waals surface area contributed by atoms with E-state index in [4.69, 9.17) is 9.72 Å². The van der Waals surface area contributed by atoms with Crippen molar-refractivity contribution in [1.82, 2.24) is 9.66 Å². The van der Waals surface area contributed by atoms with Gasteiger partial charge in [-0.15, -0.1) is 0 Å². The number of benzene rings is 3. The second-order valence-corrected chi connectivity index (χ2v) is 11.3. The lowest BCUT2D eigenvalue weighted by molar-refractivity contribution is -0.384. The number of ether oxygens (including phenoxy) is 1. The van der Waals surface area contributed by atoms with E-state index in [-0.39, 0.29) is 23.8 Å². The van der Waals surface area contributed by atoms with Crippen LogP contribution >= 0.6 is 38.5 Å². The van der Waals surface area contributed by atoms with E-state index < -0.39 is 4.92 Å². The van der Waals surface area contributed by atoms with Crippen molar-refractivity contribution in [1.29, 1.82) is 0 Å². The Balaban J connectivity index is 1.41. The van der Waals surface area contributed by atoms with Gasteiger partial charge in [0.2, 0.25) is 0 Å². The summed E-state index contributed by atoms with van der Waals surface area (Å²) >= 11 is 5.64. The first-order valence-corrected chi connectivity index (χ1v) is 14.2. The second kappa shape index (κ2) is 11.7. The van der Waals surface area contributed by atoms with Crippen LogP contribution in [0.4, 0.5) is 5.69 Å². The second-order valence-electron chi connectivity index (χ2n) is 9.23. The first-order chi connectivity index (χ1) is 18.4. The molecule has 0 saturated heterocycles. The molecule has 1 aliphatic carbocycles. The molecule has 8 nitrogen and oxygen atoms in total. The van der Waals surface area contributed by atoms with Crippen molar-refractivity contribution < 1.29 is 9.66 Å². The normalized spacial score (nSPS) is 14.3. The Morgan fingerprint density at radius 3 is 2.71 bits per heavy atom. The predicted octanol–water partition coefficient (Wildman–Crippen LogP) is 7.18. The summed E-state index contributed by atoms with van der Waals surface area (Å²) in [7, 11) is 0. The van der Waals surface area contributed by atoms with Crippen LogP contribution in [-0.4, -0.2) is 20.8 Å². The summed E-state index contributed by atoms with van der Waals surface area (Å²) in [6, 6.07) is 17.6. The molecule has 0 amide bonds. The van der Waals surface area contributed by atoms with Crippen LogP contribution in [-0.2, 0) is 6.61 Å². The van der Waals surface area contributed by atoms with Crippen LogP contribution < -0.4 is 10.3 Å². The first-order valence-electron chi connectivity index (χ1n) is 12.3. The van der Waals surface area contributed by atoms with Crippen molar-refractivity contribution in [3.8, 4) is 5.75 Å². The van der Waals surface area contributed by atoms with Gasteiger partial charge in [-0.1, -0.05) is 47.3 Å². The van der Waals surface area contributed by atoms with Crippen LogP contribution in [0.5, 0.6) is 5.75 Å². The van der Waals surface area contributed by atoms with E-state index in [2.05, 4.69) is 43.6 Å².